The van der Waals surface area contributed by atoms with Crippen molar-refractivity contribution in [3.05, 3.63) is 175 Å². The van der Waals surface area contributed by atoms with Crippen LogP contribution in [0.3, 0.4) is 0 Å². The smallest absolute Gasteiger partial charge is 0.362 e. The minimum absolute atomic E-state index is 0.196. The first-order valence-electron chi connectivity index (χ1n) is 18.8. The predicted octanol–water partition coefficient (Wildman–Crippen LogP) is 9.46. The highest BCUT2D eigenvalue weighted by atomic mass is 16.5. The molecular formula is C48H26N8O2. The van der Waals surface area contributed by atoms with Crippen molar-refractivity contribution < 1.29 is 9.52 Å². The van der Waals surface area contributed by atoms with Crippen molar-refractivity contribution >= 4 is 60.0 Å². The second-order valence-corrected chi connectivity index (χ2v) is 14.3. The van der Waals surface area contributed by atoms with Gasteiger partial charge in [0.05, 0.1) is 16.8 Å². The Bertz CT molecular complexity index is 3550. The molecule has 1 aliphatic carbocycles. The number of fused-ring (bicyclic) bond motifs is 9. The van der Waals surface area contributed by atoms with Crippen LogP contribution in [0.2, 0.25) is 0 Å². The van der Waals surface area contributed by atoms with Crippen LogP contribution >= 0.6 is 0 Å². The van der Waals surface area contributed by atoms with Gasteiger partial charge in [0, 0.05) is 45.1 Å². The van der Waals surface area contributed by atoms with Gasteiger partial charge in [-0.2, -0.15) is 0 Å². The second kappa shape index (κ2) is 12.1. The molecule has 11 aromatic rings. The maximum absolute atomic E-state index is 14.6. The van der Waals surface area contributed by atoms with E-state index in [-0.39, 0.29) is 17.6 Å². The second-order valence-electron chi connectivity index (χ2n) is 14.3. The molecule has 5 heterocycles. The molecule has 10 heteroatoms. The van der Waals surface area contributed by atoms with Gasteiger partial charge >= 0.3 is 5.95 Å². The average Bonchev–Trinajstić information content (AvgIpc) is 3.62. The number of carbonyl (C=O) groups excluding carboxylic acids is 1. The van der Waals surface area contributed by atoms with Gasteiger partial charge in [0.2, 0.25) is 11.6 Å². The number of aromatic nitrogens is 8. The zero-order chi connectivity index (χ0) is 38.5. The van der Waals surface area contributed by atoms with E-state index in [1.807, 2.05) is 95.6 Å². The Morgan fingerprint density at radius 1 is 0.552 bits per heavy atom. The zero-order valence-electron chi connectivity index (χ0n) is 30.4. The Labute approximate surface area is 329 Å². The molecule has 0 bridgehead atoms. The quantitative estimate of drug-likeness (QED) is 0.0991. The molecule has 0 spiro atoms. The maximum Gasteiger partial charge on any atom is 0.362 e. The molecular weight excluding hydrogens is 721 g/mol. The number of ketones is 1. The molecule has 0 saturated heterocycles. The highest BCUT2D eigenvalue weighted by Gasteiger charge is 2.30. The molecule has 6 aromatic carbocycles. The lowest BCUT2D eigenvalue weighted by atomic mass is 9.90. The van der Waals surface area contributed by atoms with E-state index in [1.54, 1.807) is 6.20 Å². The van der Waals surface area contributed by atoms with Crippen LogP contribution in [0, 0.1) is 5.21 Å². The van der Waals surface area contributed by atoms with Crippen LogP contribution < -0.4 is 4.73 Å². The van der Waals surface area contributed by atoms with Gasteiger partial charge in [-0.3, -0.25) is 9.78 Å². The number of carbonyl (C=O) groups is 1. The summed E-state index contributed by atoms with van der Waals surface area (Å²) in [5.74, 6) is 0.690. The molecule has 0 radical (unpaired) electrons. The van der Waals surface area contributed by atoms with Gasteiger partial charge in [-0.15, -0.1) is 4.98 Å². The van der Waals surface area contributed by atoms with Crippen LogP contribution in [-0.2, 0) is 0 Å². The lowest BCUT2D eigenvalue weighted by Gasteiger charge is -2.18. The van der Waals surface area contributed by atoms with Gasteiger partial charge in [0.25, 0.3) is 5.82 Å². The highest BCUT2D eigenvalue weighted by Crippen LogP contribution is 2.41. The van der Waals surface area contributed by atoms with Crippen LogP contribution in [0.25, 0.3) is 105 Å². The van der Waals surface area contributed by atoms with Crippen molar-refractivity contribution in [1.82, 2.24) is 34.5 Å². The van der Waals surface area contributed by atoms with Crippen molar-refractivity contribution in [3.8, 4) is 51.2 Å². The molecule has 0 fully saturated rings. The third-order valence-corrected chi connectivity index (χ3v) is 11.1. The molecule has 270 valence electrons. The number of hydrogen-bond acceptors (Lipinski definition) is 8. The van der Waals surface area contributed by atoms with Crippen LogP contribution in [0.15, 0.2) is 158 Å². The van der Waals surface area contributed by atoms with Crippen molar-refractivity contribution in [2.75, 3.05) is 0 Å². The van der Waals surface area contributed by atoms with E-state index in [2.05, 4.69) is 63.5 Å². The van der Waals surface area contributed by atoms with Gasteiger partial charge < -0.3 is 5.21 Å². The molecule has 0 aliphatic heterocycles. The summed E-state index contributed by atoms with van der Waals surface area (Å²) in [5.41, 5.74) is 7.69. The summed E-state index contributed by atoms with van der Waals surface area (Å²) in [6.07, 6.45) is 4.72. The summed E-state index contributed by atoms with van der Waals surface area (Å²) in [7, 11) is 0. The fourth-order valence-corrected chi connectivity index (χ4v) is 8.50. The summed E-state index contributed by atoms with van der Waals surface area (Å²) in [6, 6.07) is 46.0. The summed E-state index contributed by atoms with van der Waals surface area (Å²) >= 11 is 0. The minimum Gasteiger partial charge on any atom is -0.754 e. The Morgan fingerprint density at radius 2 is 1.29 bits per heavy atom. The van der Waals surface area contributed by atoms with Crippen LogP contribution in [0.1, 0.15) is 16.1 Å². The monoisotopic (exact) mass is 746 g/mol. The van der Waals surface area contributed by atoms with Crippen LogP contribution in [0.5, 0.6) is 0 Å². The van der Waals surface area contributed by atoms with Gasteiger partial charge in [-0.1, -0.05) is 83.8 Å². The normalized spacial score (nSPS) is 12.2. The number of rotatable bonds is 4. The van der Waals surface area contributed by atoms with Crippen LogP contribution in [-0.4, -0.2) is 40.3 Å². The van der Waals surface area contributed by atoms with E-state index in [1.165, 1.54) is 12.5 Å². The first kappa shape index (κ1) is 32.0. The molecule has 10 nitrogen and oxygen atoms in total. The van der Waals surface area contributed by atoms with Crippen molar-refractivity contribution in [2.45, 2.75) is 0 Å². The number of nitrogens with zero attached hydrogens (tertiary/aromatic N) is 8. The SMILES string of the molecule is O=C1c2cncnc2-c2nccc3c2c1nc1ccc(-c2ccc4c(c2)c2c5ccccc5ccc2n4-c2nc(-c4ccccc4)nc(-c4ccccc4)[n+]2[O-])cc13. The van der Waals surface area contributed by atoms with Crippen LogP contribution in [0.4, 0.5) is 0 Å². The van der Waals surface area contributed by atoms with Gasteiger partial charge in [0.1, 0.15) is 28.7 Å². The lowest BCUT2D eigenvalue weighted by Crippen LogP contribution is -2.38. The summed E-state index contributed by atoms with van der Waals surface area (Å²) in [4.78, 5) is 41.5. The fourth-order valence-electron chi connectivity index (χ4n) is 8.50. The maximum atomic E-state index is 14.6. The van der Waals surface area contributed by atoms with Gasteiger partial charge in [-0.25, -0.2) is 24.2 Å². The van der Waals surface area contributed by atoms with E-state index in [4.69, 9.17) is 15.0 Å². The zero-order valence-corrected chi connectivity index (χ0v) is 30.4. The van der Waals surface area contributed by atoms with Crippen molar-refractivity contribution in [1.29, 1.82) is 0 Å². The van der Waals surface area contributed by atoms with E-state index in [0.717, 1.165) is 64.8 Å². The molecule has 58 heavy (non-hydrogen) atoms. The third-order valence-electron chi connectivity index (χ3n) is 11.1. The Hall–Kier alpha value is -8.24. The largest absolute Gasteiger partial charge is 0.754 e. The first-order chi connectivity index (χ1) is 28.6. The molecule has 1 aliphatic rings. The predicted molar refractivity (Wildman–Crippen MR) is 224 cm³/mol. The fraction of sp³-hybridized carbons (Fsp3) is 0. The number of hydrogen-bond donors (Lipinski definition) is 0. The topological polar surface area (TPSA) is 126 Å². The minimum atomic E-state index is -0.212. The van der Waals surface area contributed by atoms with E-state index < -0.39 is 0 Å². The van der Waals surface area contributed by atoms with Gasteiger partial charge in [0.15, 0.2) is 0 Å². The summed E-state index contributed by atoms with van der Waals surface area (Å²) < 4.78 is 2.80. The Balaban J connectivity index is 1.11. The summed E-state index contributed by atoms with van der Waals surface area (Å²) in [6.45, 7) is 0. The van der Waals surface area contributed by atoms with Gasteiger partial charge in [-0.05, 0) is 87.9 Å². The molecule has 0 atom stereocenters. The molecule has 0 N–H and O–H groups in total. The standard InChI is InChI=1S/C48H26N8O2/c57-45-36-25-49-26-51-42(36)43-41-33(21-22-50-43)34-23-30(15-18-37(34)52-44(41)45)31-17-19-38-35(24-31)40-32-14-8-7-9-27(32)16-20-39(40)55(38)48-54-46(28-10-3-1-4-11-28)53-47(56(48)58)29-12-5-2-6-13-29/h1-26H. The molecule has 5 aromatic heterocycles. The first-order valence-corrected chi connectivity index (χ1v) is 18.8. The highest BCUT2D eigenvalue weighted by molar-refractivity contribution is 6.27. The third kappa shape index (κ3) is 4.59. The molecule has 0 amide bonds. The van der Waals surface area contributed by atoms with Crippen molar-refractivity contribution in [2.24, 2.45) is 0 Å². The number of benzene rings is 6. The van der Waals surface area contributed by atoms with E-state index in [0.29, 0.717) is 44.9 Å². The summed E-state index contributed by atoms with van der Waals surface area (Å²) in [5, 5.41) is 21.2. The van der Waals surface area contributed by atoms with E-state index >= 15 is 0 Å². The van der Waals surface area contributed by atoms with Crippen molar-refractivity contribution in [3.63, 3.8) is 0 Å². The lowest BCUT2D eigenvalue weighted by molar-refractivity contribution is -0.593. The molecule has 0 unspecified atom stereocenters. The molecule has 0 saturated carbocycles. The van der Waals surface area contributed by atoms with E-state index in [9.17, 15) is 10.0 Å². The number of pyridine rings is 2. The Morgan fingerprint density at radius 3 is 2.14 bits per heavy atom. The molecule has 12 rings (SSSR count). The Kier molecular flexibility index (Phi) is 6.70. The average molecular weight is 747 g/mol.